The van der Waals surface area contributed by atoms with Gasteiger partial charge in [-0.15, -0.1) is 0 Å². The van der Waals surface area contributed by atoms with Crippen molar-refractivity contribution in [2.45, 2.75) is 6.42 Å². The van der Waals surface area contributed by atoms with Crippen LogP contribution in [0.1, 0.15) is 12.0 Å². The molecule has 0 bridgehead atoms. The molecule has 0 aliphatic heterocycles. The molecule has 0 heterocycles. The van der Waals surface area contributed by atoms with Gasteiger partial charge in [0.05, 0.1) is 11.3 Å². The van der Waals surface area contributed by atoms with Crippen molar-refractivity contribution in [1.82, 2.24) is 0 Å². The summed E-state index contributed by atoms with van der Waals surface area (Å²) in [4.78, 5) is 23.6. The molecule has 2 amide bonds. The zero-order chi connectivity index (χ0) is 15.9. The van der Waals surface area contributed by atoms with Gasteiger partial charge in [0.2, 0.25) is 11.8 Å². The topological polar surface area (TPSA) is 82.0 Å². The first-order chi connectivity index (χ1) is 10.6. The zero-order valence-electron chi connectivity index (χ0n) is 11.5. The van der Waals surface area contributed by atoms with Gasteiger partial charge in [0, 0.05) is 10.7 Å². The number of benzene rings is 2. The first-order valence-electron chi connectivity index (χ1n) is 6.43. The van der Waals surface area contributed by atoms with Gasteiger partial charge < -0.3 is 10.6 Å². The Kier molecular flexibility index (Phi) is 5.12. The number of rotatable bonds is 4. The van der Waals surface area contributed by atoms with Crippen molar-refractivity contribution in [3.05, 3.63) is 59.1 Å². The average molecular weight is 314 g/mol. The van der Waals surface area contributed by atoms with E-state index in [-0.39, 0.29) is 6.42 Å². The Bertz CT molecular complexity index is 736. The lowest BCUT2D eigenvalue weighted by Gasteiger charge is -2.07. The lowest BCUT2D eigenvalue weighted by molar-refractivity contribution is -0.123. The van der Waals surface area contributed by atoms with E-state index < -0.39 is 11.8 Å². The van der Waals surface area contributed by atoms with E-state index in [0.717, 1.165) is 0 Å². The van der Waals surface area contributed by atoms with Crippen molar-refractivity contribution in [3.8, 4) is 6.07 Å². The summed E-state index contributed by atoms with van der Waals surface area (Å²) in [5, 5.41) is 14.6. The fourth-order valence-corrected chi connectivity index (χ4v) is 1.89. The number of para-hydroxylation sites is 1. The van der Waals surface area contributed by atoms with Crippen molar-refractivity contribution >= 4 is 34.8 Å². The van der Waals surface area contributed by atoms with E-state index in [1.807, 2.05) is 6.07 Å². The number of carbonyl (C=O) groups is 2. The second kappa shape index (κ2) is 7.25. The number of nitriles is 1. The van der Waals surface area contributed by atoms with Gasteiger partial charge >= 0.3 is 0 Å². The summed E-state index contributed by atoms with van der Waals surface area (Å²) in [6, 6.07) is 15.1. The zero-order valence-corrected chi connectivity index (χ0v) is 12.2. The predicted molar refractivity (Wildman–Crippen MR) is 84.5 cm³/mol. The van der Waals surface area contributed by atoms with Crippen LogP contribution in [0.3, 0.4) is 0 Å². The average Bonchev–Trinajstić information content (AvgIpc) is 2.50. The van der Waals surface area contributed by atoms with Crippen LogP contribution in [0, 0.1) is 11.3 Å². The first kappa shape index (κ1) is 15.5. The van der Waals surface area contributed by atoms with Crippen LogP contribution in [0.15, 0.2) is 48.5 Å². The maximum Gasteiger partial charge on any atom is 0.233 e. The predicted octanol–water partition coefficient (Wildman–Crippen LogP) is 3.18. The molecule has 0 fully saturated rings. The fourth-order valence-electron chi connectivity index (χ4n) is 1.77. The van der Waals surface area contributed by atoms with Crippen LogP contribution in [0.2, 0.25) is 5.02 Å². The summed E-state index contributed by atoms with van der Waals surface area (Å²) in [5.41, 5.74) is 1.28. The number of carbonyl (C=O) groups excluding carboxylic acids is 2. The van der Waals surface area contributed by atoms with E-state index in [0.29, 0.717) is 22.0 Å². The smallest absolute Gasteiger partial charge is 0.233 e. The molecule has 0 spiro atoms. The molecule has 0 unspecified atom stereocenters. The maximum atomic E-state index is 11.8. The minimum absolute atomic E-state index is 0.342. The molecule has 0 atom stereocenters. The van der Waals surface area contributed by atoms with E-state index >= 15 is 0 Å². The second-order valence-electron chi connectivity index (χ2n) is 4.44. The van der Waals surface area contributed by atoms with Gasteiger partial charge in [-0.3, -0.25) is 9.59 Å². The molecule has 110 valence electrons. The third kappa shape index (κ3) is 4.33. The third-order valence-corrected chi connectivity index (χ3v) is 3.02. The van der Waals surface area contributed by atoms with E-state index in [2.05, 4.69) is 10.6 Å². The number of hydrogen-bond donors (Lipinski definition) is 2. The summed E-state index contributed by atoms with van der Waals surface area (Å²) in [7, 11) is 0. The number of amides is 2. The van der Waals surface area contributed by atoms with Crippen LogP contribution < -0.4 is 10.6 Å². The van der Waals surface area contributed by atoms with Gasteiger partial charge in [-0.2, -0.15) is 5.26 Å². The van der Waals surface area contributed by atoms with Crippen LogP contribution in [0.4, 0.5) is 11.4 Å². The summed E-state index contributed by atoms with van der Waals surface area (Å²) in [5.74, 6) is -0.941. The Labute approximate surface area is 132 Å². The number of hydrogen-bond acceptors (Lipinski definition) is 3. The second-order valence-corrected chi connectivity index (χ2v) is 4.87. The highest BCUT2D eigenvalue weighted by Crippen LogP contribution is 2.15. The van der Waals surface area contributed by atoms with Crippen LogP contribution in [-0.4, -0.2) is 11.8 Å². The van der Waals surface area contributed by atoms with E-state index in [4.69, 9.17) is 16.9 Å². The van der Waals surface area contributed by atoms with E-state index in [1.165, 1.54) is 0 Å². The highest BCUT2D eigenvalue weighted by atomic mass is 35.5. The van der Waals surface area contributed by atoms with Gasteiger partial charge in [-0.1, -0.05) is 23.7 Å². The van der Waals surface area contributed by atoms with Gasteiger partial charge in [-0.05, 0) is 36.4 Å². The summed E-state index contributed by atoms with van der Waals surface area (Å²) < 4.78 is 0. The molecule has 2 aromatic rings. The first-order valence-corrected chi connectivity index (χ1v) is 6.80. The van der Waals surface area contributed by atoms with Crippen molar-refractivity contribution in [1.29, 1.82) is 5.26 Å². The van der Waals surface area contributed by atoms with Crippen LogP contribution in [0.25, 0.3) is 0 Å². The molecule has 0 aromatic heterocycles. The molecule has 0 aliphatic carbocycles. The standard InChI is InChI=1S/C16H12ClN3O2/c17-12-5-7-13(8-6-12)19-15(21)9-16(22)20-14-4-2-1-3-11(14)10-18/h1-8H,9H2,(H,19,21)(H,20,22). The molecule has 0 radical (unpaired) electrons. The quantitative estimate of drug-likeness (QED) is 0.850. The Balaban J connectivity index is 1.93. The van der Waals surface area contributed by atoms with Gasteiger partial charge in [0.25, 0.3) is 0 Å². The molecule has 2 rings (SSSR count). The van der Waals surface area contributed by atoms with Crippen molar-refractivity contribution in [2.24, 2.45) is 0 Å². The molecule has 0 aliphatic rings. The Morgan fingerprint density at radius 2 is 1.64 bits per heavy atom. The number of anilines is 2. The molecular weight excluding hydrogens is 302 g/mol. The van der Waals surface area contributed by atoms with Crippen LogP contribution >= 0.6 is 11.6 Å². The Hall–Kier alpha value is -2.84. The minimum atomic E-state index is -0.492. The Morgan fingerprint density at radius 3 is 2.32 bits per heavy atom. The third-order valence-electron chi connectivity index (χ3n) is 2.77. The number of nitrogens with zero attached hydrogens (tertiary/aromatic N) is 1. The largest absolute Gasteiger partial charge is 0.326 e. The monoisotopic (exact) mass is 313 g/mol. The normalized spacial score (nSPS) is 9.64. The Morgan fingerprint density at radius 1 is 1.00 bits per heavy atom. The van der Waals surface area contributed by atoms with Gasteiger partial charge in [0.1, 0.15) is 12.5 Å². The molecule has 5 nitrogen and oxygen atoms in total. The lowest BCUT2D eigenvalue weighted by Crippen LogP contribution is -2.21. The molecule has 0 saturated heterocycles. The molecule has 2 aromatic carbocycles. The SMILES string of the molecule is N#Cc1ccccc1NC(=O)CC(=O)Nc1ccc(Cl)cc1. The van der Waals surface area contributed by atoms with Gasteiger partial charge in [-0.25, -0.2) is 0 Å². The molecular formula is C16H12ClN3O2. The summed E-state index contributed by atoms with van der Waals surface area (Å²) in [6.45, 7) is 0. The highest BCUT2D eigenvalue weighted by Gasteiger charge is 2.11. The maximum absolute atomic E-state index is 11.8. The van der Waals surface area contributed by atoms with Crippen LogP contribution in [0.5, 0.6) is 0 Å². The minimum Gasteiger partial charge on any atom is -0.326 e. The van der Waals surface area contributed by atoms with Gasteiger partial charge in [0.15, 0.2) is 0 Å². The summed E-state index contributed by atoms with van der Waals surface area (Å²) in [6.07, 6.45) is -0.345. The molecule has 0 saturated carbocycles. The van der Waals surface area contributed by atoms with Crippen molar-refractivity contribution in [3.63, 3.8) is 0 Å². The van der Waals surface area contributed by atoms with E-state index in [1.54, 1.807) is 48.5 Å². The molecule has 22 heavy (non-hydrogen) atoms. The van der Waals surface area contributed by atoms with Crippen molar-refractivity contribution < 1.29 is 9.59 Å². The van der Waals surface area contributed by atoms with E-state index in [9.17, 15) is 9.59 Å². The van der Waals surface area contributed by atoms with Crippen molar-refractivity contribution in [2.75, 3.05) is 10.6 Å². The summed E-state index contributed by atoms with van der Waals surface area (Å²) >= 11 is 5.75. The fraction of sp³-hybridized carbons (Fsp3) is 0.0625. The molecule has 6 heteroatoms. The van der Waals surface area contributed by atoms with Crippen LogP contribution in [-0.2, 0) is 9.59 Å². The number of halogens is 1. The lowest BCUT2D eigenvalue weighted by atomic mass is 10.2. The highest BCUT2D eigenvalue weighted by molar-refractivity contribution is 6.30. The molecule has 2 N–H and O–H groups in total. The number of nitrogens with one attached hydrogen (secondary N) is 2.